The number of esters is 1. The molecule has 1 saturated heterocycles. The molecule has 2 heterocycles. The first kappa shape index (κ1) is 32.6. The second kappa shape index (κ2) is 14.5. The van der Waals surface area contributed by atoms with Crippen LogP contribution in [0.15, 0.2) is 88.3 Å². The van der Waals surface area contributed by atoms with E-state index in [2.05, 4.69) is 5.32 Å². The molecule has 3 aromatic carbocycles. The number of phenols is 1. The lowest BCUT2D eigenvalue weighted by atomic mass is 9.99. The normalized spacial score (nSPS) is 21.8. The van der Waals surface area contributed by atoms with Crippen LogP contribution in [0, 0.1) is 0 Å². The monoisotopic (exact) mass is 635 g/mol. The zero-order valence-corrected chi connectivity index (χ0v) is 24.6. The first-order valence-electron chi connectivity index (χ1n) is 14.4. The van der Waals surface area contributed by atoms with Crippen LogP contribution in [0.1, 0.15) is 5.56 Å². The molecule has 0 radical (unpaired) electrons. The highest BCUT2D eigenvalue weighted by Crippen LogP contribution is 2.29. The number of aliphatic hydroxyl groups is 2. The highest BCUT2D eigenvalue weighted by atomic mass is 16.7. The number of benzene rings is 3. The average molecular weight is 636 g/mol. The molecule has 13 nitrogen and oxygen atoms in total. The summed E-state index contributed by atoms with van der Waals surface area (Å²) >= 11 is 0. The average Bonchev–Trinajstić information content (AvgIpc) is 3.05. The van der Waals surface area contributed by atoms with Gasteiger partial charge in [-0.2, -0.15) is 0 Å². The van der Waals surface area contributed by atoms with E-state index in [0.29, 0.717) is 17.5 Å². The summed E-state index contributed by atoms with van der Waals surface area (Å²) in [6, 6.07) is 18.4. The number of aliphatic carboxylic acids is 1. The molecule has 1 aromatic heterocycles. The number of carbonyl (C=O) groups excluding carboxylic acids is 1. The first-order valence-corrected chi connectivity index (χ1v) is 14.4. The maximum atomic E-state index is 13.2. The van der Waals surface area contributed by atoms with Crippen molar-refractivity contribution in [3.8, 4) is 22.6 Å². The summed E-state index contributed by atoms with van der Waals surface area (Å²) in [4.78, 5) is 36.8. The maximum absolute atomic E-state index is 13.2. The van der Waals surface area contributed by atoms with Crippen LogP contribution in [-0.2, 0) is 30.2 Å². The number of phenolic OH excluding ortho intramolecular Hbond substituents is 1. The van der Waals surface area contributed by atoms with E-state index in [1.54, 1.807) is 12.1 Å². The SMILES string of the molecule is CN[C@H](C(=O)O)C(=O)OC[C@H]1O[C@H](Oc2ccc3c(=O)c(-c4ccc(O)cc4)coc3c2)[C@@H](OCCc2ccccc2)[C@H](O)[C@H]1O. The van der Waals surface area contributed by atoms with Crippen LogP contribution >= 0.6 is 0 Å². The Morgan fingerprint density at radius 3 is 2.43 bits per heavy atom. The third-order valence-electron chi connectivity index (χ3n) is 7.53. The minimum atomic E-state index is -1.64. The largest absolute Gasteiger partial charge is 0.508 e. The van der Waals surface area contributed by atoms with Crippen LogP contribution in [0.5, 0.6) is 11.5 Å². The quantitative estimate of drug-likeness (QED) is 0.112. The summed E-state index contributed by atoms with van der Waals surface area (Å²) in [5, 5.41) is 43.3. The van der Waals surface area contributed by atoms with Crippen molar-refractivity contribution in [2.45, 2.75) is 43.2 Å². The molecule has 0 bridgehead atoms. The van der Waals surface area contributed by atoms with Crippen LogP contribution < -0.4 is 15.5 Å². The van der Waals surface area contributed by atoms with Gasteiger partial charge in [-0.1, -0.05) is 42.5 Å². The zero-order valence-electron chi connectivity index (χ0n) is 24.6. The van der Waals surface area contributed by atoms with Gasteiger partial charge in [0.05, 0.1) is 17.6 Å². The highest BCUT2D eigenvalue weighted by Gasteiger charge is 2.47. The summed E-state index contributed by atoms with van der Waals surface area (Å²) in [6.07, 6.45) is -5.20. The van der Waals surface area contributed by atoms with Crippen molar-refractivity contribution in [2.24, 2.45) is 0 Å². The molecule has 1 fully saturated rings. The molecule has 0 amide bonds. The molecule has 13 heteroatoms. The second-order valence-electron chi connectivity index (χ2n) is 10.6. The molecule has 5 N–H and O–H groups in total. The predicted octanol–water partition coefficient (Wildman–Crippen LogP) is 1.83. The smallest absolute Gasteiger partial charge is 0.334 e. The number of nitrogens with one attached hydrogen (secondary N) is 1. The molecule has 4 aromatic rings. The van der Waals surface area contributed by atoms with E-state index < -0.39 is 55.3 Å². The maximum Gasteiger partial charge on any atom is 0.334 e. The van der Waals surface area contributed by atoms with Crippen LogP contribution in [-0.4, -0.2) is 89.4 Å². The van der Waals surface area contributed by atoms with Crippen LogP contribution in [0.3, 0.4) is 0 Å². The van der Waals surface area contributed by atoms with Gasteiger partial charge in [-0.05, 0) is 48.9 Å². The number of rotatable bonds is 12. The van der Waals surface area contributed by atoms with Crippen molar-refractivity contribution in [1.29, 1.82) is 0 Å². The van der Waals surface area contributed by atoms with Crippen molar-refractivity contribution in [3.63, 3.8) is 0 Å². The van der Waals surface area contributed by atoms with Crippen LogP contribution in [0.25, 0.3) is 22.1 Å². The second-order valence-corrected chi connectivity index (χ2v) is 10.6. The number of hydrogen-bond donors (Lipinski definition) is 5. The van der Waals surface area contributed by atoms with Gasteiger partial charge in [0.1, 0.15) is 54.4 Å². The Labute approximate surface area is 262 Å². The van der Waals surface area contributed by atoms with E-state index in [1.807, 2.05) is 30.3 Å². The van der Waals surface area contributed by atoms with Crippen molar-refractivity contribution in [1.82, 2.24) is 5.32 Å². The predicted molar refractivity (Wildman–Crippen MR) is 162 cm³/mol. The third-order valence-corrected chi connectivity index (χ3v) is 7.53. The number of ether oxygens (including phenoxy) is 4. The van der Waals surface area contributed by atoms with Gasteiger partial charge in [0.2, 0.25) is 12.3 Å². The Morgan fingerprint density at radius 2 is 1.74 bits per heavy atom. The van der Waals surface area contributed by atoms with Gasteiger partial charge >= 0.3 is 11.9 Å². The molecule has 6 atom stereocenters. The number of aromatic hydroxyl groups is 1. The highest BCUT2D eigenvalue weighted by molar-refractivity contribution is 5.98. The van der Waals surface area contributed by atoms with E-state index in [0.717, 1.165) is 5.56 Å². The summed E-state index contributed by atoms with van der Waals surface area (Å²) in [5.74, 6) is -2.34. The molecule has 0 aliphatic carbocycles. The van der Waals surface area contributed by atoms with Crippen molar-refractivity contribution in [2.75, 3.05) is 20.3 Å². The van der Waals surface area contributed by atoms with Gasteiger partial charge < -0.3 is 43.8 Å². The van der Waals surface area contributed by atoms with E-state index >= 15 is 0 Å². The molecular weight excluding hydrogens is 602 g/mol. The summed E-state index contributed by atoms with van der Waals surface area (Å²) < 4.78 is 28.7. The van der Waals surface area contributed by atoms with Gasteiger partial charge in [-0.3, -0.25) is 10.1 Å². The van der Waals surface area contributed by atoms with E-state index in [4.69, 9.17) is 23.4 Å². The lowest BCUT2D eigenvalue weighted by Crippen LogP contribution is -2.61. The molecule has 0 unspecified atom stereocenters. The number of carbonyl (C=O) groups is 2. The Kier molecular flexibility index (Phi) is 10.3. The number of carboxylic acid groups (broad SMARTS) is 1. The fraction of sp³-hybridized carbons (Fsp3) is 0.303. The van der Waals surface area contributed by atoms with Gasteiger partial charge in [-0.25, -0.2) is 9.59 Å². The fourth-order valence-corrected chi connectivity index (χ4v) is 5.02. The molecule has 242 valence electrons. The van der Waals surface area contributed by atoms with Gasteiger partial charge in [0.25, 0.3) is 0 Å². The molecule has 46 heavy (non-hydrogen) atoms. The zero-order chi connectivity index (χ0) is 32.8. The van der Waals surface area contributed by atoms with E-state index in [9.17, 15) is 34.8 Å². The Morgan fingerprint density at radius 1 is 1.00 bits per heavy atom. The lowest BCUT2D eigenvalue weighted by molar-refractivity contribution is -0.288. The van der Waals surface area contributed by atoms with Crippen LogP contribution in [0.2, 0.25) is 0 Å². The molecule has 1 aliphatic rings. The fourth-order valence-electron chi connectivity index (χ4n) is 5.02. The summed E-state index contributed by atoms with van der Waals surface area (Å²) in [6.45, 7) is -0.456. The molecule has 5 rings (SSSR count). The number of fused-ring (bicyclic) bond motifs is 1. The van der Waals surface area contributed by atoms with E-state index in [-0.39, 0.29) is 34.5 Å². The number of aliphatic hydroxyl groups excluding tert-OH is 2. The molecular formula is C33H33NO12. The minimum Gasteiger partial charge on any atom is -0.508 e. The Bertz CT molecular complexity index is 1710. The lowest BCUT2D eigenvalue weighted by Gasteiger charge is -2.42. The molecule has 0 spiro atoms. The number of hydrogen-bond acceptors (Lipinski definition) is 12. The van der Waals surface area contributed by atoms with Crippen molar-refractivity contribution in [3.05, 3.63) is 94.8 Å². The first-order chi connectivity index (χ1) is 22.2. The Balaban J connectivity index is 1.36. The number of likely N-dealkylation sites (N-methyl/N-ethyl adjacent to an activating group) is 1. The molecule has 1 aliphatic heterocycles. The summed E-state index contributed by atoms with van der Waals surface area (Å²) in [5.41, 5.74) is 1.71. The standard InChI is InChI=1S/C33H33NO12/c1-34-26(31(39)40)32(41)44-17-25-28(37)29(38)30(42-14-13-18-5-3-2-4-6-18)33(46-25)45-21-11-12-22-24(15-21)43-16-23(27(22)36)19-7-9-20(35)10-8-19/h2-12,15-16,25-26,28-30,33-35,37-38H,13-14,17H2,1H3,(H,39,40)/t25-,26-,28+,29-,30+,33+/m1/s1. The van der Waals surface area contributed by atoms with Gasteiger partial charge in [0.15, 0.2) is 5.43 Å². The van der Waals surface area contributed by atoms with E-state index in [1.165, 1.54) is 43.6 Å². The van der Waals surface area contributed by atoms with Crippen LogP contribution in [0.4, 0.5) is 0 Å². The Hall–Kier alpha value is -4.79. The molecule has 0 saturated carbocycles. The topological polar surface area (TPSA) is 194 Å². The third kappa shape index (κ3) is 7.36. The number of carboxylic acids is 1. The summed E-state index contributed by atoms with van der Waals surface area (Å²) in [7, 11) is 1.27. The minimum absolute atomic E-state index is 0.0588. The van der Waals surface area contributed by atoms with Gasteiger partial charge in [0, 0.05) is 6.07 Å². The van der Waals surface area contributed by atoms with Crippen molar-refractivity contribution >= 4 is 22.9 Å². The van der Waals surface area contributed by atoms with Gasteiger partial charge in [-0.15, -0.1) is 0 Å². The van der Waals surface area contributed by atoms with Crippen molar-refractivity contribution < 1.29 is 53.4 Å².